The van der Waals surface area contributed by atoms with Crippen molar-refractivity contribution < 1.29 is 13.9 Å². The molecule has 0 saturated carbocycles. The minimum atomic E-state index is -0.201. The SMILES string of the molecule is CCOC(=O)CC1CCCN(Cc2ccc(F)cc2)C1. The third-order valence-corrected chi connectivity index (χ3v) is 3.68. The second-order valence-corrected chi connectivity index (χ2v) is 5.38. The minimum absolute atomic E-state index is 0.0962. The van der Waals surface area contributed by atoms with E-state index in [-0.39, 0.29) is 11.8 Å². The number of piperidine rings is 1. The topological polar surface area (TPSA) is 29.5 Å². The van der Waals surface area contributed by atoms with Crippen molar-refractivity contribution in [2.75, 3.05) is 19.7 Å². The highest BCUT2D eigenvalue weighted by atomic mass is 19.1. The van der Waals surface area contributed by atoms with Crippen molar-refractivity contribution in [3.63, 3.8) is 0 Å². The molecule has 0 spiro atoms. The molecule has 2 rings (SSSR count). The molecule has 20 heavy (non-hydrogen) atoms. The fraction of sp³-hybridized carbons (Fsp3) is 0.562. The molecule has 3 nitrogen and oxygen atoms in total. The molecule has 4 heteroatoms. The molecule has 1 fully saturated rings. The van der Waals surface area contributed by atoms with E-state index in [2.05, 4.69) is 4.90 Å². The van der Waals surface area contributed by atoms with Gasteiger partial charge in [-0.25, -0.2) is 4.39 Å². The molecule has 1 aromatic rings. The average molecular weight is 279 g/mol. The number of halogens is 1. The zero-order chi connectivity index (χ0) is 14.4. The molecule has 1 atom stereocenters. The molecule has 1 saturated heterocycles. The van der Waals surface area contributed by atoms with Gasteiger partial charge in [-0.05, 0) is 49.9 Å². The van der Waals surface area contributed by atoms with E-state index in [1.807, 2.05) is 19.1 Å². The molecule has 1 aliphatic rings. The Morgan fingerprint density at radius 3 is 2.85 bits per heavy atom. The second-order valence-electron chi connectivity index (χ2n) is 5.38. The Balaban J connectivity index is 1.83. The van der Waals surface area contributed by atoms with Crippen LogP contribution in [0.3, 0.4) is 0 Å². The molecular weight excluding hydrogens is 257 g/mol. The van der Waals surface area contributed by atoms with Gasteiger partial charge < -0.3 is 4.74 Å². The van der Waals surface area contributed by atoms with Crippen molar-refractivity contribution >= 4 is 5.97 Å². The molecule has 0 bridgehead atoms. The van der Waals surface area contributed by atoms with Gasteiger partial charge >= 0.3 is 5.97 Å². The molecule has 1 heterocycles. The van der Waals surface area contributed by atoms with E-state index >= 15 is 0 Å². The summed E-state index contributed by atoms with van der Waals surface area (Å²) < 4.78 is 17.9. The normalized spacial score (nSPS) is 19.8. The Labute approximate surface area is 119 Å². The van der Waals surface area contributed by atoms with Crippen LogP contribution in [0.4, 0.5) is 4.39 Å². The standard InChI is InChI=1S/C16H22FNO2/c1-2-20-16(19)10-14-4-3-9-18(12-14)11-13-5-7-15(17)8-6-13/h5-8,14H,2-4,9-12H2,1H3. The first-order valence-electron chi connectivity index (χ1n) is 7.29. The van der Waals surface area contributed by atoms with Gasteiger partial charge in [-0.1, -0.05) is 12.1 Å². The monoisotopic (exact) mass is 279 g/mol. The third kappa shape index (κ3) is 4.60. The molecule has 1 aliphatic heterocycles. The van der Waals surface area contributed by atoms with Crippen molar-refractivity contribution in [1.82, 2.24) is 4.90 Å². The Bertz CT molecular complexity index is 433. The number of hydrogen-bond donors (Lipinski definition) is 0. The summed E-state index contributed by atoms with van der Waals surface area (Å²) in [6, 6.07) is 6.64. The van der Waals surface area contributed by atoms with Crippen LogP contribution in [0, 0.1) is 11.7 Å². The van der Waals surface area contributed by atoms with Crippen LogP contribution in [-0.4, -0.2) is 30.6 Å². The number of carbonyl (C=O) groups is 1. The highest BCUT2D eigenvalue weighted by Crippen LogP contribution is 2.21. The van der Waals surface area contributed by atoms with E-state index in [1.54, 1.807) is 0 Å². The van der Waals surface area contributed by atoms with Crippen LogP contribution < -0.4 is 0 Å². The Hall–Kier alpha value is -1.42. The largest absolute Gasteiger partial charge is 0.466 e. The second kappa shape index (κ2) is 7.39. The summed E-state index contributed by atoms with van der Waals surface area (Å²) in [5.74, 6) is 0.0805. The van der Waals surface area contributed by atoms with E-state index in [4.69, 9.17) is 4.74 Å². The van der Waals surface area contributed by atoms with E-state index in [0.717, 1.165) is 38.0 Å². The van der Waals surface area contributed by atoms with Gasteiger partial charge in [-0.3, -0.25) is 9.69 Å². The Morgan fingerprint density at radius 1 is 1.40 bits per heavy atom. The summed E-state index contributed by atoms with van der Waals surface area (Å²) in [5, 5.41) is 0. The van der Waals surface area contributed by atoms with Gasteiger partial charge in [0.2, 0.25) is 0 Å². The van der Waals surface area contributed by atoms with Crippen molar-refractivity contribution in [3.8, 4) is 0 Å². The maximum atomic E-state index is 12.9. The Morgan fingerprint density at radius 2 is 2.15 bits per heavy atom. The Kier molecular flexibility index (Phi) is 5.53. The summed E-state index contributed by atoms with van der Waals surface area (Å²) in [6.45, 7) is 5.05. The lowest BCUT2D eigenvalue weighted by Crippen LogP contribution is -2.36. The highest BCUT2D eigenvalue weighted by Gasteiger charge is 2.22. The van der Waals surface area contributed by atoms with Crippen LogP contribution in [0.1, 0.15) is 31.7 Å². The molecule has 0 aromatic heterocycles. The predicted molar refractivity (Wildman–Crippen MR) is 75.7 cm³/mol. The van der Waals surface area contributed by atoms with Gasteiger partial charge in [-0.15, -0.1) is 0 Å². The number of likely N-dealkylation sites (tertiary alicyclic amines) is 1. The van der Waals surface area contributed by atoms with Gasteiger partial charge in [0.15, 0.2) is 0 Å². The van der Waals surface area contributed by atoms with Crippen LogP contribution in [-0.2, 0) is 16.1 Å². The van der Waals surface area contributed by atoms with E-state index < -0.39 is 0 Å². The lowest BCUT2D eigenvalue weighted by Gasteiger charge is -2.32. The maximum Gasteiger partial charge on any atom is 0.306 e. The van der Waals surface area contributed by atoms with Crippen LogP contribution in [0.5, 0.6) is 0 Å². The summed E-state index contributed by atoms with van der Waals surface area (Å²) in [6.07, 6.45) is 2.69. The van der Waals surface area contributed by atoms with Crippen molar-refractivity contribution in [3.05, 3.63) is 35.6 Å². The van der Waals surface area contributed by atoms with E-state index in [9.17, 15) is 9.18 Å². The molecule has 0 radical (unpaired) electrons. The molecule has 1 unspecified atom stereocenters. The van der Waals surface area contributed by atoms with Gasteiger partial charge in [-0.2, -0.15) is 0 Å². The highest BCUT2D eigenvalue weighted by molar-refractivity contribution is 5.69. The molecule has 0 N–H and O–H groups in total. The number of carbonyl (C=O) groups excluding carboxylic acids is 1. The first-order chi connectivity index (χ1) is 9.67. The summed E-state index contributed by atoms with van der Waals surface area (Å²) >= 11 is 0. The van der Waals surface area contributed by atoms with Crippen LogP contribution in [0.25, 0.3) is 0 Å². The molecule has 1 aromatic carbocycles. The third-order valence-electron chi connectivity index (χ3n) is 3.68. The fourth-order valence-electron chi connectivity index (χ4n) is 2.77. The van der Waals surface area contributed by atoms with Crippen molar-refractivity contribution in [1.29, 1.82) is 0 Å². The van der Waals surface area contributed by atoms with Gasteiger partial charge in [0.05, 0.1) is 6.61 Å². The zero-order valence-electron chi connectivity index (χ0n) is 12.0. The van der Waals surface area contributed by atoms with Gasteiger partial charge in [0.1, 0.15) is 5.82 Å². The van der Waals surface area contributed by atoms with Gasteiger partial charge in [0.25, 0.3) is 0 Å². The smallest absolute Gasteiger partial charge is 0.306 e. The lowest BCUT2D eigenvalue weighted by atomic mass is 9.94. The van der Waals surface area contributed by atoms with E-state index in [0.29, 0.717) is 18.9 Å². The summed E-state index contributed by atoms with van der Waals surface area (Å²) in [5.41, 5.74) is 1.11. The number of rotatable bonds is 5. The fourth-order valence-corrected chi connectivity index (χ4v) is 2.77. The molecule has 110 valence electrons. The van der Waals surface area contributed by atoms with Gasteiger partial charge in [0, 0.05) is 19.5 Å². The van der Waals surface area contributed by atoms with Crippen LogP contribution in [0.2, 0.25) is 0 Å². The summed E-state index contributed by atoms with van der Waals surface area (Å²) in [4.78, 5) is 13.9. The first kappa shape index (κ1) is 15.0. The lowest BCUT2D eigenvalue weighted by molar-refractivity contribution is -0.144. The zero-order valence-corrected chi connectivity index (χ0v) is 12.0. The van der Waals surface area contributed by atoms with Crippen molar-refractivity contribution in [2.24, 2.45) is 5.92 Å². The number of ether oxygens (including phenoxy) is 1. The number of nitrogens with zero attached hydrogens (tertiary/aromatic N) is 1. The number of hydrogen-bond acceptors (Lipinski definition) is 3. The predicted octanol–water partition coefficient (Wildman–Crippen LogP) is 2.99. The number of benzene rings is 1. The van der Waals surface area contributed by atoms with Crippen LogP contribution in [0.15, 0.2) is 24.3 Å². The van der Waals surface area contributed by atoms with Crippen molar-refractivity contribution in [2.45, 2.75) is 32.7 Å². The van der Waals surface area contributed by atoms with E-state index in [1.165, 1.54) is 12.1 Å². The minimum Gasteiger partial charge on any atom is -0.466 e. The first-order valence-corrected chi connectivity index (χ1v) is 7.29. The molecular formula is C16H22FNO2. The molecule has 0 amide bonds. The average Bonchev–Trinajstić information content (AvgIpc) is 2.42. The summed E-state index contributed by atoms with van der Waals surface area (Å²) in [7, 11) is 0. The maximum absolute atomic E-state index is 12.9. The van der Waals surface area contributed by atoms with Crippen LogP contribution >= 0.6 is 0 Å². The quantitative estimate of drug-likeness (QED) is 0.776. The number of esters is 1. The molecule has 0 aliphatic carbocycles.